The molecule has 3 aromatic rings. The van der Waals surface area contributed by atoms with E-state index in [1.807, 2.05) is 4.90 Å². The average Bonchev–Trinajstić information content (AvgIpc) is 3.43. The molecule has 4 rings (SSSR count). The van der Waals surface area contributed by atoms with E-state index in [-0.39, 0.29) is 29.0 Å². The van der Waals surface area contributed by atoms with Gasteiger partial charge in [-0.3, -0.25) is 9.62 Å². The van der Waals surface area contributed by atoms with Crippen LogP contribution >= 0.6 is 22.9 Å². The first kappa shape index (κ1) is 23.8. The van der Waals surface area contributed by atoms with Crippen LogP contribution in [-0.4, -0.2) is 44.5 Å². The molecule has 1 saturated heterocycles. The summed E-state index contributed by atoms with van der Waals surface area (Å²) in [6.07, 6.45) is 0.691. The molecule has 0 radical (unpaired) electrons. The van der Waals surface area contributed by atoms with E-state index in [4.69, 9.17) is 11.6 Å². The predicted octanol–water partition coefficient (Wildman–Crippen LogP) is 4.73. The molecule has 33 heavy (non-hydrogen) atoms. The number of anilines is 2. The summed E-state index contributed by atoms with van der Waals surface area (Å²) < 4.78 is 69.6. The Kier molecular flexibility index (Phi) is 6.85. The maximum Gasteiger partial charge on any atom is 0.266 e. The highest BCUT2D eigenvalue weighted by Crippen LogP contribution is 2.33. The highest BCUT2D eigenvalue weighted by molar-refractivity contribution is 7.92. The fourth-order valence-corrected chi connectivity index (χ4v) is 5.83. The summed E-state index contributed by atoms with van der Waals surface area (Å²) in [6.45, 7) is 1.40. The third-order valence-electron chi connectivity index (χ3n) is 5.54. The highest BCUT2D eigenvalue weighted by Gasteiger charge is 2.29. The normalized spacial score (nSPS) is 16.8. The summed E-state index contributed by atoms with van der Waals surface area (Å²) in [5, 5.41) is 1.56. The van der Waals surface area contributed by atoms with Crippen molar-refractivity contribution in [2.45, 2.75) is 23.9 Å². The van der Waals surface area contributed by atoms with Gasteiger partial charge in [0.25, 0.3) is 10.0 Å². The Balaban J connectivity index is 1.49. The lowest BCUT2D eigenvalue weighted by molar-refractivity contribution is 0.319. The van der Waals surface area contributed by atoms with Crippen LogP contribution in [0.3, 0.4) is 0 Å². The van der Waals surface area contributed by atoms with Crippen LogP contribution in [0.5, 0.6) is 0 Å². The number of halogens is 4. The molecular formula is C21H20ClF3N4O2S2. The summed E-state index contributed by atoms with van der Waals surface area (Å²) in [4.78, 5) is 7.01. The molecule has 0 bridgehead atoms. The van der Waals surface area contributed by atoms with Crippen molar-refractivity contribution in [1.29, 1.82) is 0 Å². The van der Waals surface area contributed by atoms with Crippen LogP contribution in [0.25, 0.3) is 0 Å². The molecule has 1 atom stereocenters. The number of thiazole rings is 1. The zero-order valence-electron chi connectivity index (χ0n) is 17.4. The van der Waals surface area contributed by atoms with Gasteiger partial charge < -0.3 is 4.90 Å². The predicted molar refractivity (Wildman–Crippen MR) is 123 cm³/mol. The monoisotopic (exact) mass is 516 g/mol. The van der Waals surface area contributed by atoms with Crippen molar-refractivity contribution < 1.29 is 21.6 Å². The third kappa shape index (κ3) is 5.26. The standard InChI is InChI=1S/C21H20ClF3N4O2S2/c1-28(15-4-5-29(10-15)9-13-6-14(23)2-3-17(13)24)19-8-18(25)20(7-16(19)22)33(30,31)27-21-11-32-12-26-21/h2-3,6-8,11-12,15,27H,4-5,9-10H2,1H3/t15-/m0/s1. The van der Waals surface area contributed by atoms with Crippen molar-refractivity contribution in [3.8, 4) is 0 Å². The van der Waals surface area contributed by atoms with Crippen LogP contribution in [0.1, 0.15) is 12.0 Å². The number of nitrogens with zero attached hydrogens (tertiary/aromatic N) is 3. The van der Waals surface area contributed by atoms with E-state index in [1.165, 1.54) is 28.3 Å². The molecule has 1 aliphatic heterocycles. The van der Waals surface area contributed by atoms with Gasteiger partial charge in [0, 0.05) is 49.7 Å². The minimum atomic E-state index is -4.21. The molecule has 2 aromatic carbocycles. The summed E-state index contributed by atoms with van der Waals surface area (Å²) >= 11 is 7.55. The largest absolute Gasteiger partial charge is 0.369 e. The fourth-order valence-electron chi connectivity index (χ4n) is 3.82. The van der Waals surface area contributed by atoms with Gasteiger partial charge in [0.1, 0.15) is 22.3 Å². The topological polar surface area (TPSA) is 65.5 Å². The lowest BCUT2D eigenvalue weighted by atomic mass is 10.2. The van der Waals surface area contributed by atoms with Crippen molar-refractivity contribution in [2.75, 3.05) is 29.8 Å². The fraction of sp³-hybridized carbons (Fsp3) is 0.286. The molecule has 1 fully saturated rings. The van der Waals surface area contributed by atoms with Gasteiger partial charge >= 0.3 is 0 Å². The average molecular weight is 517 g/mol. The lowest BCUT2D eigenvalue weighted by Gasteiger charge is -2.28. The molecule has 2 heterocycles. The Labute approximate surface area is 198 Å². The number of sulfonamides is 1. The van der Waals surface area contributed by atoms with E-state index >= 15 is 0 Å². The van der Waals surface area contributed by atoms with E-state index in [9.17, 15) is 21.6 Å². The van der Waals surface area contributed by atoms with Gasteiger partial charge in [0.05, 0.1) is 16.2 Å². The van der Waals surface area contributed by atoms with Crippen LogP contribution in [-0.2, 0) is 16.6 Å². The summed E-state index contributed by atoms with van der Waals surface area (Å²) in [5.74, 6) is -1.82. The SMILES string of the molecule is CN(c1cc(F)c(S(=O)(=O)Nc2cscn2)cc1Cl)[C@H]1CCN(Cc2cc(F)ccc2F)C1. The van der Waals surface area contributed by atoms with Gasteiger partial charge in [-0.2, -0.15) is 0 Å². The summed E-state index contributed by atoms with van der Waals surface area (Å²) in [7, 11) is -2.47. The van der Waals surface area contributed by atoms with Gasteiger partial charge in [0.15, 0.2) is 5.82 Å². The molecular weight excluding hydrogens is 497 g/mol. The molecule has 176 valence electrons. The number of rotatable bonds is 7. The molecule has 1 N–H and O–H groups in total. The van der Waals surface area contributed by atoms with Gasteiger partial charge in [-0.1, -0.05) is 11.6 Å². The summed E-state index contributed by atoms with van der Waals surface area (Å²) in [5.41, 5.74) is 2.06. The van der Waals surface area contributed by atoms with E-state index < -0.39 is 32.4 Å². The van der Waals surface area contributed by atoms with Crippen molar-refractivity contribution in [3.63, 3.8) is 0 Å². The highest BCUT2D eigenvalue weighted by atomic mass is 35.5. The quantitative estimate of drug-likeness (QED) is 0.492. The molecule has 1 aromatic heterocycles. The number of likely N-dealkylation sites (N-methyl/N-ethyl adjacent to an activating group) is 1. The molecule has 0 saturated carbocycles. The minimum Gasteiger partial charge on any atom is -0.369 e. The van der Waals surface area contributed by atoms with Gasteiger partial charge in [-0.15, -0.1) is 11.3 Å². The molecule has 0 aliphatic carbocycles. The second-order valence-electron chi connectivity index (χ2n) is 7.74. The van der Waals surface area contributed by atoms with Gasteiger partial charge in [-0.25, -0.2) is 26.6 Å². The molecule has 6 nitrogen and oxygen atoms in total. The minimum absolute atomic E-state index is 0.0749. The number of hydrogen-bond donors (Lipinski definition) is 1. The second-order valence-corrected chi connectivity index (χ2v) is 10.5. The molecule has 12 heteroatoms. The van der Waals surface area contributed by atoms with E-state index in [1.54, 1.807) is 11.9 Å². The first-order valence-corrected chi connectivity index (χ1v) is 12.7. The van der Waals surface area contributed by atoms with Crippen LogP contribution in [0.2, 0.25) is 5.02 Å². The van der Waals surface area contributed by atoms with Gasteiger partial charge in [-0.05, 0) is 30.7 Å². The van der Waals surface area contributed by atoms with Crippen LogP contribution in [0.15, 0.2) is 46.1 Å². The molecule has 0 amide bonds. The number of likely N-dealkylation sites (tertiary alicyclic amines) is 1. The Morgan fingerprint density at radius 1 is 1.24 bits per heavy atom. The molecule has 0 unspecified atom stereocenters. The van der Waals surface area contributed by atoms with Crippen LogP contribution in [0.4, 0.5) is 24.7 Å². The second kappa shape index (κ2) is 9.49. The van der Waals surface area contributed by atoms with Crippen LogP contribution < -0.4 is 9.62 Å². The van der Waals surface area contributed by atoms with Gasteiger partial charge in [0.2, 0.25) is 0 Å². The van der Waals surface area contributed by atoms with E-state index in [0.717, 1.165) is 24.3 Å². The van der Waals surface area contributed by atoms with Crippen molar-refractivity contribution in [3.05, 3.63) is 69.3 Å². The smallest absolute Gasteiger partial charge is 0.266 e. The molecule has 1 aliphatic rings. The summed E-state index contributed by atoms with van der Waals surface area (Å²) in [6, 6.07) is 5.45. The number of nitrogens with one attached hydrogen (secondary N) is 1. The van der Waals surface area contributed by atoms with Crippen molar-refractivity contribution in [1.82, 2.24) is 9.88 Å². The van der Waals surface area contributed by atoms with Crippen molar-refractivity contribution >= 4 is 44.5 Å². The van der Waals surface area contributed by atoms with E-state index in [2.05, 4.69) is 9.71 Å². The maximum atomic E-state index is 14.8. The zero-order chi connectivity index (χ0) is 23.8. The number of hydrogen-bond acceptors (Lipinski definition) is 6. The number of aromatic nitrogens is 1. The van der Waals surface area contributed by atoms with E-state index in [0.29, 0.717) is 25.2 Å². The Hall–Kier alpha value is -2.34. The lowest BCUT2D eigenvalue weighted by Crippen LogP contribution is -2.34. The Bertz CT molecular complexity index is 1260. The maximum absolute atomic E-state index is 14.8. The number of benzene rings is 2. The first-order chi connectivity index (χ1) is 15.6. The zero-order valence-corrected chi connectivity index (χ0v) is 19.8. The molecule has 0 spiro atoms. The Morgan fingerprint density at radius 3 is 2.76 bits per heavy atom. The Morgan fingerprint density at radius 2 is 2.03 bits per heavy atom. The third-order valence-corrected chi connectivity index (χ3v) is 7.80. The van der Waals surface area contributed by atoms with Crippen LogP contribution in [0, 0.1) is 17.5 Å². The first-order valence-electron chi connectivity index (χ1n) is 9.93. The van der Waals surface area contributed by atoms with Crippen molar-refractivity contribution in [2.24, 2.45) is 0 Å².